The van der Waals surface area contributed by atoms with Crippen LogP contribution in [0.25, 0.3) is 0 Å². The van der Waals surface area contributed by atoms with Gasteiger partial charge in [-0.2, -0.15) is 0 Å². The Hall–Kier alpha value is -1.35. The minimum atomic E-state index is -0.226. The molecule has 78 valence electrons. The van der Waals surface area contributed by atoms with Gasteiger partial charge in [0.25, 0.3) is 0 Å². The summed E-state index contributed by atoms with van der Waals surface area (Å²) in [6.45, 7) is 3.44. The molecular formula is C11H16O3. The summed E-state index contributed by atoms with van der Waals surface area (Å²) >= 11 is 0. The number of esters is 1. The van der Waals surface area contributed by atoms with Crippen molar-refractivity contribution in [3.05, 3.63) is 35.9 Å². The van der Waals surface area contributed by atoms with E-state index in [2.05, 4.69) is 0 Å². The quantitative estimate of drug-likeness (QED) is 0.693. The van der Waals surface area contributed by atoms with Crippen LogP contribution in [-0.4, -0.2) is 11.4 Å². The molecule has 0 bridgehead atoms. The minimum Gasteiger partial charge on any atom is -0.458 e. The van der Waals surface area contributed by atoms with Crippen LogP contribution < -0.4 is 0 Å². The monoisotopic (exact) mass is 196 g/mol. The minimum absolute atomic E-state index is 0. The van der Waals surface area contributed by atoms with E-state index in [4.69, 9.17) is 4.74 Å². The summed E-state index contributed by atoms with van der Waals surface area (Å²) in [6.07, 6.45) is 0.711. The van der Waals surface area contributed by atoms with Crippen LogP contribution in [-0.2, 0) is 9.53 Å². The van der Waals surface area contributed by atoms with Gasteiger partial charge >= 0.3 is 5.97 Å². The lowest BCUT2D eigenvalue weighted by atomic mass is 10.1. The maximum absolute atomic E-state index is 10.8. The Kier molecular flexibility index (Phi) is 5.56. The van der Waals surface area contributed by atoms with Crippen molar-refractivity contribution in [1.82, 2.24) is 0 Å². The lowest BCUT2D eigenvalue weighted by Gasteiger charge is -2.14. The molecule has 0 radical (unpaired) electrons. The van der Waals surface area contributed by atoms with Crippen LogP contribution in [0.15, 0.2) is 30.3 Å². The predicted octanol–water partition coefficient (Wildman–Crippen LogP) is 1.88. The van der Waals surface area contributed by atoms with Gasteiger partial charge in [0.1, 0.15) is 6.10 Å². The number of benzene rings is 1. The third-order valence-electron chi connectivity index (χ3n) is 1.85. The third kappa shape index (κ3) is 3.58. The Morgan fingerprint density at radius 1 is 1.36 bits per heavy atom. The Balaban J connectivity index is 0.00000169. The highest BCUT2D eigenvalue weighted by Gasteiger charge is 2.10. The zero-order valence-corrected chi connectivity index (χ0v) is 8.49. The van der Waals surface area contributed by atoms with E-state index in [1.807, 2.05) is 37.3 Å². The molecule has 1 aromatic rings. The largest absolute Gasteiger partial charge is 0.458 e. The highest BCUT2D eigenvalue weighted by Crippen LogP contribution is 2.20. The van der Waals surface area contributed by atoms with Crippen molar-refractivity contribution in [3.8, 4) is 0 Å². The Labute approximate surface area is 84.0 Å². The van der Waals surface area contributed by atoms with Gasteiger partial charge in [0.15, 0.2) is 0 Å². The van der Waals surface area contributed by atoms with Gasteiger partial charge in [-0.25, -0.2) is 0 Å². The molecule has 3 heteroatoms. The second-order valence-corrected chi connectivity index (χ2v) is 2.92. The molecule has 0 spiro atoms. The summed E-state index contributed by atoms with van der Waals surface area (Å²) in [5.41, 5.74) is 1.06. The Morgan fingerprint density at radius 3 is 2.36 bits per heavy atom. The SMILES string of the molecule is CCC(OC(C)=O)c1ccccc1.O. The maximum Gasteiger partial charge on any atom is 0.303 e. The molecule has 0 aliphatic carbocycles. The first-order chi connectivity index (χ1) is 6.24. The van der Waals surface area contributed by atoms with E-state index in [1.165, 1.54) is 6.92 Å². The fourth-order valence-corrected chi connectivity index (χ4v) is 1.26. The van der Waals surface area contributed by atoms with Gasteiger partial charge in [0.2, 0.25) is 0 Å². The van der Waals surface area contributed by atoms with Crippen LogP contribution >= 0.6 is 0 Å². The molecule has 0 aliphatic heterocycles. The topological polar surface area (TPSA) is 57.8 Å². The molecule has 2 N–H and O–H groups in total. The standard InChI is InChI=1S/C11H14O2.H2O/c1-3-11(13-9(2)12)10-7-5-4-6-8-10;/h4-8,11H,3H2,1-2H3;1H2. The molecule has 1 rings (SSSR count). The summed E-state index contributed by atoms with van der Waals surface area (Å²) in [7, 11) is 0. The van der Waals surface area contributed by atoms with E-state index in [0.717, 1.165) is 12.0 Å². The molecule has 0 saturated carbocycles. The fraction of sp³-hybridized carbons (Fsp3) is 0.364. The second kappa shape index (κ2) is 6.16. The smallest absolute Gasteiger partial charge is 0.303 e. The average Bonchev–Trinajstić information content (AvgIpc) is 2.15. The van der Waals surface area contributed by atoms with Gasteiger partial charge < -0.3 is 10.2 Å². The first-order valence-corrected chi connectivity index (χ1v) is 4.46. The summed E-state index contributed by atoms with van der Waals surface area (Å²) in [5, 5.41) is 0. The zero-order chi connectivity index (χ0) is 9.68. The molecule has 0 heterocycles. The van der Waals surface area contributed by atoms with Crippen LogP contribution in [0, 0.1) is 0 Å². The lowest BCUT2D eigenvalue weighted by molar-refractivity contribution is -0.146. The average molecular weight is 196 g/mol. The molecular weight excluding hydrogens is 180 g/mol. The summed E-state index contributed by atoms with van der Waals surface area (Å²) in [6, 6.07) is 9.78. The Morgan fingerprint density at radius 2 is 1.93 bits per heavy atom. The van der Waals surface area contributed by atoms with E-state index >= 15 is 0 Å². The highest BCUT2D eigenvalue weighted by atomic mass is 16.5. The number of ether oxygens (including phenoxy) is 1. The van der Waals surface area contributed by atoms with E-state index in [9.17, 15) is 4.79 Å². The van der Waals surface area contributed by atoms with Crippen molar-refractivity contribution in [1.29, 1.82) is 0 Å². The van der Waals surface area contributed by atoms with Crippen molar-refractivity contribution < 1.29 is 15.0 Å². The van der Waals surface area contributed by atoms with Crippen molar-refractivity contribution in [2.24, 2.45) is 0 Å². The zero-order valence-electron chi connectivity index (χ0n) is 8.49. The third-order valence-corrected chi connectivity index (χ3v) is 1.85. The van der Waals surface area contributed by atoms with E-state index in [0.29, 0.717) is 0 Å². The molecule has 0 fully saturated rings. The summed E-state index contributed by atoms with van der Waals surface area (Å²) in [4.78, 5) is 10.8. The number of carbonyl (C=O) groups excluding carboxylic acids is 1. The van der Waals surface area contributed by atoms with Crippen LogP contribution in [0.4, 0.5) is 0 Å². The highest BCUT2D eigenvalue weighted by molar-refractivity contribution is 5.66. The molecule has 14 heavy (non-hydrogen) atoms. The fourth-order valence-electron chi connectivity index (χ4n) is 1.26. The van der Waals surface area contributed by atoms with Gasteiger partial charge in [-0.1, -0.05) is 37.3 Å². The molecule has 0 amide bonds. The van der Waals surface area contributed by atoms with Gasteiger partial charge in [-0.15, -0.1) is 0 Å². The number of hydrogen-bond donors (Lipinski definition) is 0. The molecule has 0 aromatic heterocycles. The molecule has 0 saturated heterocycles. The van der Waals surface area contributed by atoms with Gasteiger partial charge in [-0.3, -0.25) is 4.79 Å². The first-order valence-electron chi connectivity index (χ1n) is 4.46. The predicted molar refractivity (Wildman–Crippen MR) is 54.9 cm³/mol. The number of hydrogen-bond acceptors (Lipinski definition) is 2. The van der Waals surface area contributed by atoms with E-state index in [-0.39, 0.29) is 17.5 Å². The second-order valence-electron chi connectivity index (χ2n) is 2.92. The first kappa shape index (κ1) is 12.7. The van der Waals surface area contributed by atoms with Crippen LogP contribution in [0.1, 0.15) is 31.9 Å². The van der Waals surface area contributed by atoms with E-state index < -0.39 is 0 Å². The van der Waals surface area contributed by atoms with Crippen molar-refractivity contribution in [3.63, 3.8) is 0 Å². The molecule has 1 aromatic carbocycles. The van der Waals surface area contributed by atoms with Crippen molar-refractivity contribution in [2.45, 2.75) is 26.4 Å². The van der Waals surface area contributed by atoms with Gasteiger partial charge in [0, 0.05) is 6.92 Å². The van der Waals surface area contributed by atoms with Gasteiger partial charge in [0.05, 0.1) is 0 Å². The summed E-state index contributed by atoms with van der Waals surface area (Å²) in [5.74, 6) is -0.226. The molecule has 1 unspecified atom stereocenters. The molecule has 3 nitrogen and oxygen atoms in total. The van der Waals surface area contributed by atoms with Crippen LogP contribution in [0.3, 0.4) is 0 Å². The van der Waals surface area contributed by atoms with E-state index in [1.54, 1.807) is 0 Å². The normalized spacial score (nSPS) is 11.3. The van der Waals surface area contributed by atoms with Crippen molar-refractivity contribution >= 4 is 5.97 Å². The van der Waals surface area contributed by atoms with Crippen LogP contribution in [0.2, 0.25) is 0 Å². The number of carbonyl (C=O) groups is 1. The lowest BCUT2D eigenvalue weighted by Crippen LogP contribution is -2.07. The summed E-state index contributed by atoms with van der Waals surface area (Å²) < 4.78 is 5.15. The number of rotatable bonds is 3. The molecule has 0 aliphatic rings. The van der Waals surface area contributed by atoms with Crippen LogP contribution in [0.5, 0.6) is 0 Å². The Bertz CT molecular complexity index is 269. The maximum atomic E-state index is 10.8. The van der Waals surface area contributed by atoms with Crippen molar-refractivity contribution in [2.75, 3.05) is 0 Å². The molecule has 1 atom stereocenters. The van der Waals surface area contributed by atoms with Gasteiger partial charge in [-0.05, 0) is 12.0 Å².